The van der Waals surface area contributed by atoms with Gasteiger partial charge in [-0.15, -0.1) is 0 Å². The highest BCUT2D eigenvalue weighted by atomic mass is 31.2. The summed E-state index contributed by atoms with van der Waals surface area (Å²) in [5, 5.41) is 0. The minimum Gasteiger partial charge on any atom is -0.462 e. The Morgan fingerprint density at radius 1 is 0.667 bits per heavy atom. The predicted molar refractivity (Wildman–Crippen MR) is 219 cm³/mol. The summed E-state index contributed by atoms with van der Waals surface area (Å²) in [6.07, 6.45) is 41.8. The molecule has 312 valence electrons. The molecule has 11 heteroatoms. The molecule has 4 atom stereocenters. The van der Waals surface area contributed by atoms with Crippen LogP contribution in [-0.4, -0.2) is 61.5 Å². The molecule has 0 spiro atoms. The highest BCUT2D eigenvalue weighted by molar-refractivity contribution is 7.47. The Morgan fingerprint density at radius 3 is 1.74 bits per heavy atom. The van der Waals surface area contributed by atoms with Crippen molar-refractivity contribution >= 4 is 19.8 Å². The van der Waals surface area contributed by atoms with Gasteiger partial charge in [0.1, 0.15) is 6.61 Å². The molecule has 1 aliphatic rings. The Bertz CT molecular complexity index is 1090. The first-order valence-corrected chi connectivity index (χ1v) is 22.7. The van der Waals surface area contributed by atoms with Crippen LogP contribution in [-0.2, 0) is 37.4 Å². The van der Waals surface area contributed by atoms with Crippen LogP contribution in [0.5, 0.6) is 0 Å². The summed E-state index contributed by atoms with van der Waals surface area (Å²) in [5.74, 6) is -0.901. The second-order valence-corrected chi connectivity index (χ2v) is 15.7. The summed E-state index contributed by atoms with van der Waals surface area (Å²) in [6, 6.07) is 0. The van der Waals surface area contributed by atoms with Gasteiger partial charge in [0.15, 0.2) is 6.10 Å². The van der Waals surface area contributed by atoms with E-state index in [1.54, 1.807) is 0 Å². The quantitative estimate of drug-likeness (QED) is 0.0204. The van der Waals surface area contributed by atoms with Gasteiger partial charge in [-0.05, 0) is 51.4 Å². The molecule has 4 unspecified atom stereocenters. The van der Waals surface area contributed by atoms with E-state index in [0.29, 0.717) is 25.0 Å². The third-order valence-corrected chi connectivity index (χ3v) is 10.1. The number of carbonyl (C=O) groups excluding carboxylic acids is 2. The van der Waals surface area contributed by atoms with Gasteiger partial charge in [0.2, 0.25) is 0 Å². The van der Waals surface area contributed by atoms with Crippen LogP contribution < -0.4 is 5.73 Å². The Hall–Kier alpha value is -2.07. The average molecular weight is 782 g/mol. The number of hydrogen-bond acceptors (Lipinski definition) is 9. The number of hydrogen-bond donors (Lipinski definition) is 2. The highest BCUT2D eigenvalue weighted by Gasteiger charge is 2.36. The van der Waals surface area contributed by atoms with Crippen molar-refractivity contribution in [2.45, 2.75) is 186 Å². The molecule has 3 N–H and O–H groups in total. The monoisotopic (exact) mass is 782 g/mol. The molecule has 1 rings (SSSR count). The number of ether oxygens (including phenoxy) is 3. The van der Waals surface area contributed by atoms with Gasteiger partial charge in [0, 0.05) is 19.4 Å². The van der Waals surface area contributed by atoms with Gasteiger partial charge in [-0.25, -0.2) is 4.57 Å². The van der Waals surface area contributed by atoms with Crippen molar-refractivity contribution in [1.29, 1.82) is 0 Å². The summed E-state index contributed by atoms with van der Waals surface area (Å²) in [4.78, 5) is 34.8. The van der Waals surface area contributed by atoms with E-state index in [1.165, 1.54) is 77.0 Å². The first kappa shape index (κ1) is 49.9. The molecule has 0 aromatic carbocycles. The fourth-order valence-corrected chi connectivity index (χ4v) is 6.65. The molecule has 1 aliphatic heterocycles. The zero-order valence-electron chi connectivity index (χ0n) is 33.9. The predicted octanol–water partition coefficient (Wildman–Crippen LogP) is 10.9. The SMILES string of the molecule is CC/C=C\C/C=C\CC1OC1C/C=C\C/C=C\CCCC(=O)OC(COC(=O)CCCCCCCCCCCCCCCCC)COP(=O)(O)OCCN. The Labute approximate surface area is 328 Å². The van der Waals surface area contributed by atoms with Gasteiger partial charge >= 0.3 is 19.8 Å². The molecule has 0 aromatic rings. The summed E-state index contributed by atoms with van der Waals surface area (Å²) in [7, 11) is -4.40. The first-order valence-electron chi connectivity index (χ1n) is 21.2. The molecule has 10 nitrogen and oxygen atoms in total. The molecule has 0 bridgehead atoms. The van der Waals surface area contributed by atoms with E-state index >= 15 is 0 Å². The van der Waals surface area contributed by atoms with Crippen LogP contribution in [0, 0.1) is 0 Å². The minimum absolute atomic E-state index is 0.0413. The molecular weight excluding hydrogens is 705 g/mol. The molecule has 1 heterocycles. The Balaban J connectivity index is 2.23. The highest BCUT2D eigenvalue weighted by Crippen LogP contribution is 2.43. The molecule has 0 aliphatic carbocycles. The lowest BCUT2D eigenvalue weighted by atomic mass is 10.0. The number of phosphoric ester groups is 1. The van der Waals surface area contributed by atoms with E-state index < -0.39 is 32.5 Å². The van der Waals surface area contributed by atoms with Gasteiger partial charge in [0.05, 0.1) is 25.4 Å². The van der Waals surface area contributed by atoms with E-state index in [4.69, 9.17) is 29.0 Å². The van der Waals surface area contributed by atoms with Crippen molar-refractivity contribution in [1.82, 2.24) is 0 Å². The van der Waals surface area contributed by atoms with Crippen LogP contribution >= 0.6 is 7.82 Å². The number of allylic oxidation sites excluding steroid dienone is 6. The molecule has 0 amide bonds. The molecule has 54 heavy (non-hydrogen) atoms. The lowest BCUT2D eigenvalue weighted by molar-refractivity contribution is -0.161. The lowest BCUT2D eigenvalue weighted by Gasteiger charge is -2.19. The fraction of sp³-hybridized carbons (Fsp3) is 0.767. The van der Waals surface area contributed by atoms with Crippen LogP contribution in [0.25, 0.3) is 0 Å². The minimum atomic E-state index is -4.40. The largest absolute Gasteiger partial charge is 0.472 e. The van der Waals surface area contributed by atoms with Gasteiger partial charge < -0.3 is 24.8 Å². The zero-order valence-corrected chi connectivity index (χ0v) is 34.8. The Morgan fingerprint density at radius 2 is 1.19 bits per heavy atom. The molecule has 1 saturated heterocycles. The van der Waals surface area contributed by atoms with Crippen molar-refractivity contribution in [3.63, 3.8) is 0 Å². The summed E-state index contributed by atoms with van der Waals surface area (Å²) < 4.78 is 38.4. The standard InChI is InChI=1S/C43H76NO9P/c1-3-5-7-9-11-12-13-14-15-16-17-18-21-25-29-33-42(45)49-37-39(38-51-54(47,48)50-36-35-44)52-43(46)34-30-26-22-19-20-24-28-32-41-40(53-41)31-27-23-10-8-6-4-2/h6,8,19,22-24,27-28,39-41H,3-5,7,9-18,20-21,25-26,29-38,44H2,1-2H3,(H,47,48)/b8-6-,22-19-,27-23-,28-24-. The van der Waals surface area contributed by atoms with Crippen molar-refractivity contribution in [3.8, 4) is 0 Å². The summed E-state index contributed by atoms with van der Waals surface area (Å²) >= 11 is 0. The summed E-state index contributed by atoms with van der Waals surface area (Å²) in [6.45, 7) is 3.54. The lowest BCUT2D eigenvalue weighted by Crippen LogP contribution is -2.29. The average Bonchev–Trinajstić information content (AvgIpc) is 3.91. The zero-order chi connectivity index (χ0) is 39.4. The normalized spacial score (nSPS) is 17.6. The van der Waals surface area contributed by atoms with E-state index in [9.17, 15) is 19.0 Å². The number of esters is 2. The van der Waals surface area contributed by atoms with Gasteiger partial charge in [-0.3, -0.25) is 18.6 Å². The molecule has 1 fully saturated rings. The third-order valence-electron chi connectivity index (χ3n) is 9.13. The molecule has 0 aromatic heterocycles. The van der Waals surface area contributed by atoms with E-state index in [2.05, 4.69) is 56.4 Å². The van der Waals surface area contributed by atoms with Crippen LogP contribution in [0.4, 0.5) is 0 Å². The van der Waals surface area contributed by atoms with E-state index in [-0.39, 0.29) is 32.6 Å². The molecular formula is C43H76NO9P. The third kappa shape index (κ3) is 32.2. The molecule has 0 saturated carbocycles. The van der Waals surface area contributed by atoms with E-state index in [1.807, 2.05) is 6.08 Å². The topological polar surface area (TPSA) is 147 Å². The van der Waals surface area contributed by atoms with Crippen LogP contribution in [0.15, 0.2) is 48.6 Å². The number of unbranched alkanes of at least 4 members (excludes halogenated alkanes) is 15. The van der Waals surface area contributed by atoms with Gasteiger partial charge in [-0.1, -0.05) is 152 Å². The van der Waals surface area contributed by atoms with Crippen molar-refractivity contribution < 1.29 is 42.3 Å². The van der Waals surface area contributed by atoms with Gasteiger partial charge in [-0.2, -0.15) is 0 Å². The maximum absolute atomic E-state index is 12.6. The number of phosphoric acid groups is 1. The maximum atomic E-state index is 12.6. The fourth-order valence-electron chi connectivity index (χ4n) is 5.89. The number of epoxide rings is 1. The first-order chi connectivity index (χ1) is 26.3. The number of nitrogens with two attached hydrogens (primary N) is 1. The Kier molecular flexibility index (Phi) is 32.7. The maximum Gasteiger partial charge on any atom is 0.472 e. The van der Waals surface area contributed by atoms with Crippen LogP contribution in [0.2, 0.25) is 0 Å². The molecule has 0 radical (unpaired) electrons. The van der Waals surface area contributed by atoms with Crippen LogP contribution in [0.1, 0.15) is 168 Å². The van der Waals surface area contributed by atoms with Crippen molar-refractivity contribution in [2.75, 3.05) is 26.4 Å². The smallest absolute Gasteiger partial charge is 0.462 e. The number of rotatable bonds is 38. The van der Waals surface area contributed by atoms with Crippen molar-refractivity contribution in [2.24, 2.45) is 5.73 Å². The summed E-state index contributed by atoms with van der Waals surface area (Å²) in [5.41, 5.74) is 5.34. The van der Waals surface area contributed by atoms with Crippen LogP contribution in [0.3, 0.4) is 0 Å². The van der Waals surface area contributed by atoms with Crippen molar-refractivity contribution in [3.05, 3.63) is 48.6 Å². The second-order valence-electron chi connectivity index (χ2n) is 14.2. The number of carbonyl (C=O) groups is 2. The van der Waals surface area contributed by atoms with Gasteiger partial charge in [0.25, 0.3) is 0 Å². The van der Waals surface area contributed by atoms with E-state index in [0.717, 1.165) is 51.4 Å². The second kappa shape index (κ2) is 35.4.